The maximum absolute atomic E-state index is 15.2. The van der Waals surface area contributed by atoms with Gasteiger partial charge in [-0.05, 0) is 69.6 Å². The van der Waals surface area contributed by atoms with Crippen LogP contribution in [0.5, 0.6) is 0 Å². The Bertz CT molecular complexity index is 581. The van der Waals surface area contributed by atoms with E-state index in [1.165, 1.54) is 0 Å². The SMILES string of the molecule is CC12CCC(OC(F)(F)C34CCC(C)(CC3)C(F)(F)C4(F)F)(CC1)CC2. The van der Waals surface area contributed by atoms with Gasteiger partial charge < -0.3 is 4.74 Å². The Balaban J connectivity index is 1.67. The molecule has 0 aromatic heterocycles. The van der Waals surface area contributed by atoms with Gasteiger partial charge in [0, 0.05) is 5.41 Å². The van der Waals surface area contributed by atoms with Crippen LogP contribution in [0.1, 0.15) is 78.1 Å². The van der Waals surface area contributed by atoms with Crippen LogP contribution in [0, 0.1) is 16.2 Å². The van der Waals surface area contributed by atoms with E-state index < -0.39 is 47.2 Å². The Morgan fingerprint density at radius 3 is 1.58 bits per heavy atom. The highest BCUT2D eigenvalue weighted by molar-refractivity contribution is 5.19. The van der Waals surface area contributed by atoms with E-state index >= 15 is 8.78 Å². The van der Waals surface area contributed by atoms with Crippen molar-refractivity contribution in [2.24, 2.45) is 16.2 Å². The smallest absolute Gasteiger partial charge is 0.313 e. The minimum Gasteiger partial charge on any atom is -0.313 e. The average Bonchev–Trinajstić information content (AvgIpc) is 2.55. The third-order valence-corrected chi connectivity index (χ3v) is 8.41. The van der Waals surface area contributed by atoms with E-state index in [1.807, 2.05) is 0 Å². The number of ether oxygens (including phenoxy) is 1. The molecule has 0 saturated heterocycles. The van der Waals surface area contributed by atoms with E-state index in [9.17, 15) is 17.6 Å². The molecule has 0 unspecified atom stereocenters. The van der Waals surface area contributed by atoms with Crippen molar-refractivity contribution in [3.63, 3.8) is 0 Å². The van der Waals surface area contributed by atoms with Gasteiger partial charge in [-0.3, -0.25) is 0 Å². The second-order valence-electron chi connectivity index (χ2n) is 9.90. The van der Waals surface area contributed by atoms with E-state index in [4.69, 9.17) is 4.74 Å². The van der Waals surface area contributed by atoms with Crippen LogP contribution in [0.15, 0.2) is 0 Å². The zero-order valence-electron chi connectivity index (χ0n) is 15.2. The normalized spacial score (nSPS) is 49.4. The number of alkyl halides is 6. The van der Waals surface area contributed by atoms with Crippen molar-refractivity contribution in [2.75, 3.05) is 0 Å². The van der Waals surface area contributed by atoms with Crippen molar-refractivity contribution < 1.29 is 31.1 Å². The summed E-state index contributed by atoms with van der Waals surface area (Å²) >= 11 is 0. The number of fused-ring (bicyclic) bond motifs is 6. The first-order valence-electron chi connectivity index (χ1n) is 9.58. The van der Waals surface area contributed by atoms with Gasteiger partial charge in [0.2, 0.25) is 0 Å². The van der Waals surface area contributed by atoms with Crippen molar-refractivity contribution in [3.05, 3.63) is 0 Å². The Morgan fingerprint density at radius 2 is 1.12 bits per heavy atom. The predicted octanol–water partition coefficient (Wildman–Crippen LogP) is 6.56. The van der Waals surface area contributed by atoms with Crippen LogP contribution in [-0.4, -0.2) is 23.6 Å². The first-order valence-corrected chi connectivity index (χ1v) is 9.58. The molecular formula is C19H26F6O. The molecule has 0 aliphatic heterocycles. The molecule has 6 rings (SSSR count). The zero-order chi connectivity index (χ0) is 19.3. The highest BCUT2D eigenvalue weighted by Crippen LogP contribution is 2.74. The van der Waals surface area contributed by atoms with E-state index in [0.717, 1.165) is 6.92 Å². The lowest BCUT2D eigenvalue weighted by Crippen LogP contribution is -2.74. The number of hydrogen-bond donors (Lipinski definition) is 0. The molecule has 7 heteroatoms. The van der Waals surface area contributed by atoms with Gasteiger partial charge in [0.1, 0.15) is 5.41 Å². The fourth-order valence-corrected chi connectivity index (χ4v) is 5.87. The molecule has 26 heavy (non-hydrogen) atoms. The maximum atomic E-state index is 15.2. The third kappa shape index (κ3) is 2.04. The van der Waals surface area contributed by atoms with E-state index in [1.54, 1.807) is 0 Å². The van der Waals surface area contributed by atoms with E-state index in [-0.39, 0.29) is 18.3 Å². The molecule has 0 radical (unpaired) electrons. The molecule has 6 saturated carbocycles. The van der Waals surface area contributed by atoms with Crippen LogP contribution >= 0.6 is 0 Å². The summed E-state index contributed by atoms with van der Waals surface area (Å²) in [6.45, 7) is 3.19. The van der Waals surface area contributed by atoms with Gasteiger partial charge in [-0.2, -0.15) is 26.3 Å². The molecule has 150 valence electrons. The first-order chi connectivity index (χ1) is 11.7. The molecule has 1 nitrogen and oxygen atoms in total. The van der Waals surface area contributed by atoms with E-state index in [0.29, 0.717) is 38.5 Å². The monoisotopic (exact) mass is 384 g/mol. The molecule has 0 amide bonds. The van der Waals surface area contributed by atoms with Gasteiger partial charge in [0.05, 0.1) is 5.60 Å². The third-order valence-electron chi connectivity index (χ3n) is 8.41. The standard InChI is InChI=1S/C19H26F6O/c1-13-3-8-15(9-4-13,10-5-13)26-19(24,25)16-11-6-14(2,7-12-16)17(20,21)18(16,22)23/h3-12H2,1-2H3. The summed E-state index contributed by atoms with van der Waals surface area (Å²) in [7, 11) is 0. The van der Waals surface area contributed by atoms with Crippen molar-refractivity contribution in [3.8, 4) is 0 Å². The number of halogens is 6. The molecule has 6 fully saturated rings. The minimum atomic E-state index is -4.79. The fourth-order valence-electron chi connectivity index (χ4n) is 5.87. The molecule has 4 bridgehead atoms. The van der Waals surface area contributed by atoms with Gasteiger partial charge in [-0.1, -0.05) is 13.8 Å². The Morgan fingerprint density at radius 1 is 0.654 bits per heavy atom. The maximum Gasteiger partial charge on any atom is 0.367 e. The topological polar surface area (TPSA) is 9.23 Å². The van der Waals surface area contributed by atoms with Gasteiger partial charge in [0.25, 0.3) is 0 Å². The summed E-state index contributed by atoms with van der Waals surface area (Å²) in [4.78, 5) is 0. The summed E-state index contributed by atoms with van der Waals surface area (Å²) < 4.78 is 94.3. The molecule has 6 aliphatic rings. The Hall–Kier alpha value is -0.460. The summed E-state index contributed by atoms with van der Waals surface area (Å²) in [6.07, 6.45) is -2.92. The van der Waals surface area contributed by atoms with Crippen molar-refractivity contribution >= 4 is 0 Å². The van der Waals surface area contributed by atoms with Gasteiger partial charge >= 0.3 is 18.0 Å². The molecule has 0 heterocycles. The molecule has 0 N–H and O–H groups in total. The number of rotatable bonds is 3. The molecule has 0 aromatic rings. The van der Waals surface area contributed by atoms with E-state index in [2.05, 4.69) is 6.92 Å². The van der Waals surface area contributed by atoms with Crippen molar-refractivity contribution in [2.45, 2.75) is 102 Å². The Kier molecular flexibility index (Phi) is 3.58. The van der Waals surface area contributed by atoms with Crippen LogP contribution in [-0.2, 0) is 4.74 Å². The summed E-state index contributed by atoms with van der Waals surface area (Å²) in [6, 6.07) is 0. The zero-order valence-corrected chi connectivity index (χ0v) is 15.2. The van der Waals surface area contributed by atoms with Crippen LogP contribution in [0.4, 0.5) is 26.3 Å². The van der Waals surface area contributed by atoms with Crippen molar-refractivity contribution in [1.29, 1.82) is 0 Å². The highest BCUT2D eigenvalue weighted by atomic mass is 19.3. The lowest BCUT2D eigenvalue weighted by Gasteiger charge is -2.62. The minimum absolute atomic E-state index is 0.104. The average molecular weight is 384 g/mol. The fraction of sp³-hybridized carbons (Fsp3) is 1.00. The van der Waals surface area contributed by atoms with Gasteiger partial charge in [-0.25, -0.2) is 0 Å². The summed E-state index contributed by atoms with van der Waals surface area (Å²) in [5.41, 5.74) is -6.09. The van der Waals surface area contributed by atoms with Crippen LogP contribution in [0.3, 0.4) is 0 Å². The largest absolute Gasteiger partial charge is 0.367 e. The van der Waals surface area contributed by atoms with Crippen LogP contribution < -0.4 is 0 Å². The Labute approximate surface area is 149 Å². The summed E-state index contributed by atoms with van der Waals surface area (Å²) in [5, 5.41) is 0. The molecule has 0 spiro atoms. The lowest BCUT2D eigenvalue weighted by atomic mass is 9.49. The number of hydrogen-bond acceptors (Lipinski definition) is 1. The lowest BCUT2D eigenvalue weighted by molar-refractivity contribution is -0.460. The van der Waals surface area contributed by atoms with Crippen molar-refractivity contribution in [1.82, 2.24) is 0 Å². The molecule has 0 atom stereocenters. The van der Waals surface area contributed by atoms with Gasteiger partial charge in [-0.15, -0.1) is 0 Å². The second-order valence-corrected chi connectivity index (χ2v) is 9.90. The predicted molar refractivity (Wildman–Crippen MR) is 83.5 cm³/mol. The van der Waals surface area contributed by atoms with Crippen LogP contribution in [0.2, 0.25) is 0 Å². The first kappa shape index (κ1) is 18.9. The molecular weight excluding hydrogens is 358 g/mol. The quantitative estimate of drug-likeness (QED) is 0.501. The molecule has 0 aromatic carbocycles. The highest BCUT2D eigenvalue weighted by Gasteiger charge is 2.86. The van der Waals surface area contributed by atoms with Crippen LogP contribution in [0.25, 0.3) is 0 Å². The molecule has 6 aliphatic carbocycles. The van der Waals surface area contributed by atoms with Gasteiger partial charge in [0.15, 0.2) is 0 Å². The second kappa shape index (κ2) is 4.93. The summed E-state index contributed by atoms with van der Waals surface area (Å²) in [5.74, 6) is -9.25.